The predicted molar refractivity (Wildman–Crippen MR) is 105 cm³/mol. The number of hydrogen-bond donors (Lipinski definition) is 2. The first kappa shape index (κ1) is 18.4. The van der Waals surface area contributed by atoms with Crippen molar-refractivity contribution in [3.8, 4) is 11.3 Å². The summed E-state index contributed by atoms with van der Waals surface area (Å²) in [6, 6.07) is 4.87. The maximum Gasteiger partial charge on any atom is 0.317 e. The summed E-state index contributed by atoms with van der Waals surface area (Å²) in [7, 11) is 0. The summed E-state index contributed by atoms with van der Waals surface area (Å²) in [5.74, 6) is 1.95. The van der Waals surface area contributed by atoms with E-state index in [4.69, 9.17) is 25.2 Å². The summed E-state index contributed by atoms with van der Waals surface area (Å²) in [5.41, 5.74) is 6.75. The van der Waals surface area contributed by atoms with Gasteiger partial charge in [0.25, 0.3) is 0 Å². The van der Waals surface area contributed by atoms with E-state index in [0.717, 1.165) is 43.3 Å². The number of primary amides is 1. The minimum Gasteiger partial charge on any atom is -0.378 e. The number of rotatable bonds is 4. The van der Waals surface area contributed by atoms with E-state index >= 15 is 0 Å². The van der Waals surface area contributed by atoms with E-state index in [2.05, 4.69) is 20.1 Å². The van der Waals surface area contributed by atoms with Crippen molar-refractivity contribution in [2.75, 3.05) is 67.7 Å². The number of carbonyl (C=O) groups excluding carboxylic acids is 1. The fourth-order valence-corrected chi connectivity index (χ4v) is 3.17. The Morgan fingerprint density at radius 3 is 2.29 bits per heavy atom. The normalized spacial score (nSPS) is 17.4. The first-order chi connectivity index (χ1) is 13.7. The Morgan fingerprint density at radius 2 is 1.68 bits per heavy atom. The number of nitrogens with one attached hydrogen (secondary N) is 1. The van der Waals surface area contributed by atoms with Crippen LogP contribution in [0.2, 0.25) is 0 Å². The molecule has 0 atom stereocenters. The van der Waals surface area contributed by atoms with E-state index in [1.165, 1.54) is 0 Å². The van der Waals surface area contributed by atoms with Gasteiger partial charge in [0.1, 0.15) is 11.6 Å². The molecule has 4 rings (SSSR count). The van der Waals surface area contributed by atoms with Crippen molar-refractivity contribution >= 4 is 23.6 Å². The number of amides is 2. The zero-order valence-electron chi connectivity index (χ0n) is 15.5. The van der Waals surface area contributed by atoms with Crippen LogP contribution < -0.4 is 20.9 Å². The van der Waals surface area contributed by atoms with Crippen molar-refractivity contribution in [3.63, 3.8) is 0 Å². The molecule has 0 aliphatic carbocycles. The molecule has 0 bridgehead atoms. The summed E-state index contributed by atoms with van der Waals surface area (Å²) in [5, 5.41) is 2.46. The monoisotopic (exact) mass is 385 g/mol. The van der Waals surface area contributed by atoms with Gasteiger partial charge in [-0.25, -0.2) is 14.8 Å². The van der Waals surface area contributed by atoms with Gasteiger partial charge >= 0.3 is 6.03 Å². The number of nitrogens with zero attached hydrogens (tertiary/aromatic N) is 5. The molecule has 2 amide bonds. The zero-order valence-corrected chi connectivity index (χ0v) is 15.5. The number of aromatic nitrogens is 3. The van der Waals surface area contributed by atoms with Crippen LogP contribution in [0.3, 0.4) is 0 Å². The Bertz CT molecular complexity index is 782. The highest BCUT2D eigenvalue weighted by Crippen LogP contribution is 2.26. The van der Waals surface area contributed by atoms with Crippen LogP contribution in [-0.4, -0.2) is 73.6 Å². The van der Waals surface area contributed by atoms with Crippen LogP contribution in [-0.2, 0) is 9.47 Å². The lowest BCUT2D eigenvalue weighted by atomic mass is 10.2. The molecule has 2 aliphatic rings. The largest absolute Gasteiger partial charge is 0.378 e. The first-order valence-corrected chi connectivity index (χ1v) is 9.26. The van der Waals surface area contributed by atoms with Gasteiger partial charge in [-0.2, -0.15) is 4.98 Å². The maximum absolute atomic E-state index is 11.0. The van der Waals surface area contributed by atoms with Gasteiger partial charge in [-0.05, 0) is 12.1 Å². The number of ether oxygens (including phenoxy) is 2. The molecule has 3 N–H and O–H groups in total. The smallest absolute Gasteiger partial charge is 0.317 e. The van der Waals surface area contributed by atoms with Crippen molar-refractivity contribution in [3.05, 3.63) is 24.4 Å². The molecule has 2 saturated heterocycles. The Morgan fingerprint density at radius 1 is 1.00 bits per heavy atom. The Balaban J connectivity index is 1.67. The topological polar surface area (TPSA) is 119 Å². The number of nitrogens with two attached hydrogens (primary N) is 1. The van der Waals surface area contributed by atoms with E-state index in [1.54, 1.807) is 12.3 Å². The number of morpholine rings is 2. The standard InChI is InChI=1S/C18H23N7O3/c19-17(26)22-15-2-1-13(12-20-15)14-11-16(24-3-7-27-8-4-24)23-18(21-14)25-5-9-28-10-6-25/h1-2,11-12H,3-10H2,(H3,19,20,22,26). The summed E-state index contributed by atoms with van der Waals surface area (Å²) in [6.07, 6.45) is 1.67. The molecule has 10 heteroatoms. The summed E-state index contributed by atoms with van der Waals surface area (Å²) >= 11 is 0. The lowest BCUT2D eigenvalue weighted by molar-refractivity contribution is 0.121. The molecule has 2 fully saturated rings. The van der Waals surface area contributed by atoms with E-state index in [0.29, 0.717) is 38.2 Å². The predicted octanol–water partition coefficient (Wildman–Crippen LogP) is 0.702. The zero-order chi connectivity index (χ0) is 19.3. The van der Waals surface area contributed by atoms with Crippen molar-refractivity contribution in [2.24, 2.45) is 5.73 Å². The molecule has 2 aliphatic heterocycles. The second kappa shape index (κ2) is 8.36. The van der Waals surface area contributed by atoms with Crippen LogP contribution in [0, 0.1) is 0 Å². The lowest BCUT2D eigenvalue weighted by Crippen LogP contribution is -2.39. The van der Waals surface area contributed by atoms with Crippen LogP contribution in [0.15, 0.2) is 24.4 Å². The van der Waals surface area contributed by atoms with Crippen molar-refractivity contribution in [1.82, 2.24) is 15.0 Å². The van der Waals surface area contributed by atoms with Gasteiger partial charge in [-0.1, -0.05) is 0 Å². The van der Waals surface area contributed by atoms with Gasteiger partial charge in [0, 0.05) is 44.0 Å². The molecular formula is C18H23N7O3. The van der Waals surface area contributed by atoms with E-state index in [9.17, 15) is 4.79 Å². The van der Waals surface area contributed by atoms with Crippen molar-refractivity contribution in [2.45, 2.75) is 0 Å². The Kier molecular flexibility index (Phi) is 5.49. The summed E-state index contributed by atoms with van der Waals surface area (Å²) in [4.78, 5) is 29.1. The molecule has 4 heterocycles. The van der Waals surface area contributed by atoms with Gasteiger partial charge in [-0.15, -0.1) is 0 Å². The molecule has 10 nitrogen and oxygen atoms in total. The molecular weight excluding hydrogens is 362 g/mol. The highest BCUT2D eigenvalue weighted by molar-refractivity contribution is 5.86. The summed E-state index contributed by atoms with van der Waals surface area (Å²) < 4.78 is 10.9. The van der Waals surface area contributed by atoms with Crippen LogP contribution in [0.25, 0.3) is 11.3 Å². The van der Waals surface area contributed by atoms with Gasteiger partial charge in [0.05, 0.1) is 32.1 Å². The number of carbonyl (C=O) groups is 1. The Hall–Kier alpha value is -2.98. The Labute approximate surface area is 162 Å². The first-order valence-electron chi connectivity index (χ1n) is 9.26. The van der Waals surface area contributed by atoms with Crippen LogP contribution >= 0.6 is 0 Å². The maximum atomic E-state index is 11.0. The molecule has 0 unspecified atom stereocenters. The minimum atomic E-state index is -0.647. The second-order valence-corrected chi connectivity index (χ2v) is 6.53. The lowest BCUT2D eigenvalue weighted by Gasteiger charge is -2.31. The summed E-state index contributed by atoms with van der Waals surface area (Å²) in [6.45, 7) is 5.78. The van der Waals surface area contributed by atoms with E-state index < -0.39 is 6.03 Å². The van der Waals surface area contributed by atoms with Gasteiger partial charge in [0.15, 0.2) is 0 Å². The quantitative estimate of drug-likeness (QED) is 0.790. The third kappa shape index (κ3) is 4.29. The third-order valence-corrected chi connectivity index (χ3v) is 4.64. The molecule has 2 aromatic rings. The highest BCUT2D eigenvalue weighted by Gasteiger charge is 2.20. The average Bonchev–Trinajstić information content (AvgIpc) is 2.75. The minimum absolute atomic E-state index is 0.395. The molecule has 0 saturated carbocycles. The molecule has 2 aromatic heterocycles. The molecule has 28 heavy (non-hydrogen) atoms. The number of urea groups is 1. The third-order valence-electron chi connectivity index (χ3n) is 4.64. The second-order valence-electron chi connectivity index (χ2n) is 6.53. The van der Waals surface area contributed by atoms with E-state index in [1.807, 2.05) is 12.1 Å². The highest BCUT2D eigenvalue weighted by atomic mass is 16.5. The van der Waals surface area contributed by atoms with Crippen molar-refractivity contribution in [1.29, 1.82) is 0 Å². The van der Waals surface area contributed by atoms with E-state index in [-0.39, 0.29) is 0 Å². The fraction of sp³-hybridized carbons (Fsp3) is 0.444. The van der Waals surface area contributed by atoms with Gasteiger partial charge in [-0.3, -0.25) is 5.32 Å². The van der Waals surface area contributed by atoms with Gasteiger partial charge in [0.2, 0.25) is 5.95 Å². The molecule has 0 aromatic carbocycles. The van der Waals surface area contributed by atoms with Crippen LogP contribution in [0.5, 0.6) is 0 Å². The molecule has 0 spiro atoms. The average molecular weight is 385 g/mol. The fourth-order valence-electron chi connectivity index (χ4n) is 3.17. The van der Waals surface area contributed by atoms with Crippen LogP contribution in [0.1, 0.15) is 0 Å². The number of hydrogen-bond acceptors (Lipinski definition) is 8. The number of pyridine rings is 1. The SMILES string of the molecule is NC(=O)Nc1ccc(-c2cc(N3CCOCC3)nc(N3CCOCC3)n2)cn1. The molecule has 148 valence electrons. The van der Waals surface area contributed by atoms with Crippen LogP contribution in [0.4, 0.5) is 22.4 Å². The number of anilines is 3. The van der Waals surface area contributed by atoms with Crippen molar-refractivity contribution < 1.29 is 14.3 Å². The van der Waals surface area contributed by atoms with Gasteiger partial charge < -0.3 is 25.0 Å². The molecule has 0 radical (unpaired) electrons.